The highest BCUT2D eigenvalue weighted by Gasteiger charge is 2.00. The average Bonchev–Trinajstić information content (AvgIpc) is 2.72. The van der Waals surface area contributed by atoms with Crippen molar-refractivity contribution in [2.75, 3.05) is 26.8 Å². The number of rotatable bonds is 6. The van der Waals surface area contributed by atoms with E-state index in [-0.39, 0.29) is 24.0 Å². The molecule has 0 unspecified atom stereocenters. The minimum absolute atomic E-state index is 0. The van der Waals surface area contributed by atoms with Crippen molar-refractivity contribution in [3.8, 4) is 0 Å². The van der Waals surface area contributed by atoms with Crippen LogP contribution >= 0.6 is 24.0 Å². The van der Waals surface area contributed by atoms with Gasteiger partial charge in [0, 0.05) is 27.2 Å². The second-order valence-electron chi connectivity index (χ2n) is 3.41. The number of halogens is 1. The van der Waals surface area contributed by atoms with E-state index in [0.29, 0.717) is 13.2 Å². The van der Waals surface area contributed by atoms with E-state index >= 15 is 0 Å². The Bertz CT molecular complexity index is 354. The lowest BCUT2D eigenvalue weighted by molar-refractivity contribution is 0.203. The molecule has 104 valence electrons. The van der Waals surface area contributed by atoms with Crippen molar-refractivity contribution in [2.45, 2.75) is 13.5 Å². The number of ether oxygens (including phenoxy) is 1. The van der Waals surface area contributed by atoms with Crippen molar-refractivity contribution < 1.29 is 4.74 Å². The number of hydrogen-bond donors (Lipinski definition) is 2. The molecule has 1 aromatic heterocycles. The Morgan fingerprint density at radius 2 is 2.28 bits per heavy atom. The van der Waals surface area contributed by atoms with Gasteiger partial charge in [-0.25, -0.2) is 9.98 Å². The Labute approximate surface area is 124 Å². The van der Waals surface area contributed by atoms with Gasteiger partial charge in [-0.1, -0.05) is 0 Å². The Morgan fingerprint density at radius 3 is 2.83 bits per heavy atom. The van der Waals surface area contributed by atoms with Gasteiger partial charge in [0.05, 0.1) is 6.61 Å². The zero-order valence-corrected chi connectivity index (χ0v) is 13.3. The van der Waals surface area contributed by atoms with E-state index in [9.17, 15) is 0 Å². The van der Waals surface area contributed by atoms with E-state index < -0.39 is 0 Å². The number of aliphatic imine (C=N–C) groups is 1. The van der Waals surface area contributed by atoms with E-state index in [4.69, 9.17) is 4.74 Å². The van der Waals surface area contributed by atoms with E-state index in [1.54, 1.807) is 11.8 Å². The maximum absolute atomic E-state index is 4.97. The predicted molar refractivity (Wildman–Crippen MR) is 81.1 cm³/mol. The van der Waals surface area contributed by atoms with Crippen LogP contribution in [0, 0.1) is 0 Å². The van der Waals surface area contributed by atoms with Gasteiger partial charge in [-0.05, 0) is 6.92 Å². The second kappa shape index (κ2) is 10.1. The zero-order chi connectivity index (χ0) is 12.5. The molecule has 0 aromatic carbocycles. The molecule has 0 saturated carbocycles. The van der Waals surface area contributed by atoms with Gasteiger partial charge in [-0.2, -0.15) is 5.10 Å². The molecular formula is C10H21IN6O. The lowest BCUT2D eigenvalue weighted by Gasteiger charge is -2.10. The molecule has 0 aliphatic heterocycles. The fourth-order valence-electron chi connectivity index (χ4n) is 1.23. The third-order valence-corrected chi connectivity index (χ3v) is 2.13. The van der Waals surface area contributed by atoms with Crippen LogP contribution in [0.4, 0.5) is 0 Å². The smallest absolute Gasteiger partial charge is 0.191 e. The second-order valence-corrected chi connectivity index (χ2v) is 3.41. The van der Waals surface area contributed by atoms with E-state index in [1.807, 2.05) is 14.0 Å². The molecule has 1 heterocycles. The topological polar surface area (TPSA) is 76.4 Å². The number of nitrogens with zero attached hydrogens (tertiary/aromatic N) is 4. The third kappa shape index (κ3) is 6.15. The van der Waals surface area contributed by atoms with Crippen LogP contribution in [0.3, 0.4) is 0 Å². The summed E-state index contributed by atoms with van der Waals surface area (Å²) in [4.78, 5) is 8.51. The molecule has 1 aromatic rings. The van der Waals surface area contributed by atoms with Crippen molar-refractivity contribution in [1.29, 1.82) is 0 Å². The maximum atomic E-state index is 4.97. The number of nitrogens with one attached hydrogen (secondary N) is 2. The average molecular weight is 368 g/mol. The predicted octanol–water partition coefficient (Wildman–Crippen LogP) is 0.135. The summed E-state index contributed by atoms with van der Waals surface area (Å²) in [5, 5.41) is 10.3. The molecule has 0 saturated heterocycles. The van der Waals surface area contributed by atoms with Gasteiger partial charge in [0.15, 0.2) is 5.96 Å². The molecule has 0 aliphatic carbocycles. The normalized spacial score (nSPS) is 10.9. The molecule has 18 heavy (non-hydrogen) atoms. The van der Waals surface area contributed by atoms with Crippen LogP contribution in [0.15, 0.2) is 11.3 Å². The van der Waals surface area contributed by atoms with Gasteiger partial charge in [-0.15, -0.1) is 24.0 Å². The van der Waals surface area contributed by atoms with Gasteiger partial charge in [0.2, 0.25) is 0 Å². The molecule has 2 N–H and O–H groups in total. The fraction of sp³-hybridized carbons (Fsp3) is 0.700. The minimum Gasteiger partial charge on any atom is -0.383 e. The van der Waals surface area contributed by atoms with E-state index in [2.05, 4.69) is 25.7 Å². The molecule has 7 nitrogen and oxygen atoms in total. The van der Waals surface area contributed by atoms with Crippen LogP contribution in [0.1, 0.15) is 12.7 Å². The number of hydrogen-bond acceptors (Lipinski definition) is 4. The molecule has 0 bridgehead atoms. The first-order valence-electron chi connectivity index (χ1n) is 5.62. The Morgan fingerprint density at radius 1 is 1.50 bits per heavy atom. The van der Waals surface area contributed by atoms with Crippen LogP contribution in [0.2, 0.25) is 0 Å². The third-order valence-electron chi connectivity index (χ3n) is 2.13. The first-order chi connectivity index (χ1) is 8.27. The molecule has 0 radical (unpaired) electrons. The fourth-order valence-corrected chi connectivity index (χ4v) is 1.23. The van der Waals surface area contributed by atoms with Crippen molar-refractivity contribution in [1.82, 2.24) is 25.4 Å². The minimum atomic E-state index is 0. The quantitative estimate of drug-likeness (QED) is 0.323. The Kier molecular flexibility index (Phi) is 9.56. The summed E-state index contributed by atoms with van der Waals surface area (Å²) in [5.74, 6) is 1.58. The molecule has 8 heteroatoms. The molecule has 1 rings (SSSR count). The van der Waals surface area contributed by atoms with Crippen LogP contribution in [-0.4, -0.2) is 47.5 Å². The van der Waals surface area contributed by atoms with Crippen LogP contribution in [0.25, 0.3) is 0 Å². The largest absolute Gasteiger partial charge is 0.383 e. The lowest BCUT2D eigenvalue weighted by Crippen LogP contribution is -2.38. The molecular weight excluding hydrogens is 347 g/mol. The number of aromatic nitrogens is 3. The van der Waals surface area contributed by atoms with Gasteiger partial charge < -0.3 is 15.4 Å². The summed E-state index contributed by atoms with van der Waals surface area (Å²) >= 11 is 0. The van der Waals surface area contributed by atoms with Crippen LogP contribution in [0.5, 0.6) is 0 Å². The maximum Gasteiger partial charge on any atom is 0.191 e. The molecule has 0 aliphatic rings. The van der Waals surface area contributed by atoms with Gasteiger partial charge in [0.25, 0.3) is 0 Å². The summed E-state index contributed by atoms with van der Waals surface area (Å²) in [7, 11) is 3.52. The van der Waals surface area contributed by atoms with Gasteiger partial charge in [-0.3, -0.25) is 4.68 Å². The summed E-state index contributed by atoms with van der Waals surface area (Å²) in [6, 6.07) is 0. The molecule has 0 atom stereocenters. The van der Waals surface area contributed by atoms with Crippen LogP contribution < -0.4 is 10.6 Å². The highest BCUT2D eigenvalue weighted by Crippen LogP contribution is 1.92. The van der Waals surface area contributed by atoms with Crippen molar-refractivity contribution in [3.63, 3.8) is 0 Å². The number of guanidine groups is 1. The van der Waals surface area contributed by atoms with Gasteiger partial charge >= 0.3 is 0 Å². The highest BCUT2D eigenvalue weighted by molar-refractivity contribution is 14.0. The summed E-state index contributed by atoms with van der Waals surface area (Å²) < 4.78 is 6.68. The molecule has 0 spiro atoms. The summed E-state index contributed by atoms with van der Waals surface area (Å²) in [6.07, 6.45) is 1.52. The van der Waals surface area contributed by atoms with Crippen molar-refractivity contribution in [3.05, 3.63) is 12.2 Å². The Balaban J connectivity index is 0.00000289. The lowest BCUT2D eigenvalue weighted by atomic mass is 10.6. The Hall–Kier alpha value is -0.900. The number of methoxy groups -OCH3 is 1. The van der Waals surface area contributed by atoms with Crippen molar-refractivity contribution >= 4 is 29.9 Å². The highest BCUT2D eigenvalue weighted by atomic mass is 127. The van der Waals surface area contributed by atoms with E-state index in [1.165, 1.54) is 6.33 Å². The monoisotopic (exact) mass is 368 g/mol. The number of aryl methyl sites for hydroxylation is 1. The first kappa shape index (κ1) is 17.1. The zero-order valence-electron chi connectivity index (χ0n) is 11.0. The van der Waals surface area contributed by atoms with E-state index in [0.717, 1.165) is 24.9 Å². The summed E-state index contributed by atoms with van der Waals surface area (Å²) in [5.41, 5.74) is 0. The molecule has 0 fully saturated rings. The standard InChI is InChI=1S/C10H20N6O.HI/c1-4-11-10(12-5-6-17-3)13-7-9-14-8-15-16(9)2;/h8H,4-7H2,1-3H3,(H2,11,12,13);1H. The van der Waals surface area contributed by atoms with Crippen molar-refractivity contribution in [2.24, 2.45) is 12.0 Å². The molecule has 0 amide bonds. The summed E-state index contributed by atoms with van der Waals surface area (Å²) in [6.45, 7) is 4.71. The van der Waals surface area contributed by atoms with Crippen LogP contribution in [-0.2, 0) is 18.3 Å². The first-order valence-corrected chi connectivity index (χ1v) is 5.62. The van der Waals surface area contributed by atoms with Gasteiger partial charge in [0.1, 0.15) is 18.7 Å². The SMILES string of the molecule is CCNC(=NCc1ncnn1C)NCCOC.I.